The number of amides is 1. The minimum absolute atomic E-state index is 0.176. The first kappa shape index (κ1) is 17.3. The van der Waals surface area contributed by atoms with Gasteiger partial charge in [-0.1, -0.05) is 17.7 Å². The number of halogens is 1. The summed E-state index contributed by atoms with van der Waals surface area (Å²) in [5.41, 5.74) is 0.379. The summed E-state index contributed by atoms with van der Waals surface area (Å²) in [5.74, 6) is 0.480. The quantitative estimate of drug-likeness (QED) is 0.751. The lowest BCUT2D eigenvalue weighted by atomic mass is 10.3. The minimum atomic E-state index is -0.176. The van der Waals surface area contributed by atoms with Crippen molar-refractivity contribution in [2.45, 2.75) is 13.2 Å². The molecular weight excluding hydrogens is 316 g/mol. The summed E-state index contributed by atoms with van der Waals surface area (Å²) in [6, 6.07) is 8.80. The van der Waals surface area contributed by atoms with Gasteiger partial charge < -0.3 is 15.0 Å². The van der Waals surface area contributed by atoms with Crippen LogP contribution in [0.15, 0.2) is 36.5 Å². The molecule has 2 aromatic rings. The lowest BCUT2D eigenvalue weighted by Crippen LogP contribution is -2.27. The maximum atomic E-state index is 12.0. The van der Waals surface area contributed by atoms with Crippen LogP contribution in [-0.4, -0.2) is 47.8 Å². The summed E-state index contributed by atoms with van der Waals surface area (Å²) in [6.07, 6.45) is 2.61. The fourth-order valence-electron chi connectivity index (χ4n) is 1.94. The number of hydrogen-bond donors (Lipinski definition) is 1. The molecule has 2 rings (SSSR count). The first-order valence-corrected chi connectivity index (χ1v) is 7.77. The highest BCUT2D eigenvalue weighted by molar-refractivity contribution is 6.30. The Balaban J connectivity index is 1.79. The molecule has 0 aliphatic carbocycles. The Morgan fingerprint density at radius 1 is 1.39 bits per heavy atom. The number of nitrogens with zero attached hydrogens (tertiary/aromatic N) is 3. The SMILES string of the molecule is CN(C)CCCNC(=O)c1ccn(COc2cccc(Cl)c2)n1. The number of ether oxygens (including phenoxy) is 1. The second-order valence-electron chi connectivity index (χ2n) is 5.38. The molecular formula is C16H21ClN4O2. The van der Waals surface area contributed by atoms with Crippen molar-refractivity contribution >= 4 is 17.5 Å². The molecule has 1 aromatic heterocycles. The molecule has 0 bridgehead atoms. The van der Waals surface area contributed by atoms with E-state index in [1.807, 2.05) is 26.2 Å². The van der Waals surface area contributed by atoms with Crippen molar-refractivity contribution < 1.29 is 9.53 Å². The topological polar surface area (TPSA) is 59.4 Å². The van der Waals surface area contributed by atoms with Gasteiger partial charge in [0.05, 0.1) is 0 Å². The predicted octanol–water partition coefficient (Wildman–Crippen LogP) is 2.25. The van der Waals surface area contributed by atoms with Crippen molar-refractivity contribution in [2.24, 2.45) is 0 Å². The summed E-state index contributed by atoms with van der Waals surface area (Å²) in [4.78, 5) is 14.0. The van der Waals surface area contributed by atoms with Crippen LogP contribution in [0.2, 0.25) is 5.02 Å². The minimum Gasteiger partial charge on any atom is -0.471 e. The van der Waals surface area contributed by atoms with Crippen molar-refractivity contribution in [2.75, 3.05) is 27.2 Å². The zero-order valence-electron chi connectivity index (χ0n) is 13.3. The maximum absolute atomic E-state index is 12.0. The third-order valence-corrected chi connectivity index (χ3v) is 3.34. The number of carbonyl (C=O) groups excluding carboxylic acids is 1. The second-order valence-corrected chi connectivity index (χ2v) is 5.82. The molecule has 0 saturated carbocycles. The van der Waals surface area contributed by atoms with E-state index in [0.29, 0.717) is 23.0 Å². The smallest absolute Gasteiger partial charge is 0.271 e. The van der Waals surface area contributed by atoms with E-state index in [-0.39, 0.29) is 12.6 Å². The monoisotopic (exact) mass is 336 g/mol. The van der Waals surface area contributed by atoms with E-state index in [0.717, 1.165) is 13.0 Å². The summed E-state index contributed by atoms with van der Waals surface area (Å²) in [7, 11) is 4.01. The van der Waals surface area contributed by atoms with Crippen LogP contribution in [0.5, 0.6) is 5.75 Å². The van der Waals surface area contributed by atoms with Crippen LogP contribution in [0.4, 0.5) is 0 Å². The molecule has 124 valence electrons. The number of rotatable bonds is 8. The summed E-state index contributed by atoms with van der Waals surface area (Å²) in [6.45, 7) is 1.78. The average molecular weight is 337 g/mol. The molecule has 0 saturated heterocycles. The molecule has 0 spiro atoms. The van der Waals surface area contributed by atoms with E-state index in [9.17, 15) is 4.79 Å². The molecule has 23 heavy (non-hydrogen) atoms. The Morgan fingerprint density at radius 3 is 2.96 bits per heavy atom. The third kappa shape index (κ3) is 5.92. The van der Waals surface area contributed by atoms with Gasteiger partial charge in [0.2, 0.25) is 0 Å². The van der Waals surface area contributed by atoms with Crippen molar-refractivity contribution in [3.63, 3.8) is 0 Å². The number of benzene rings is 1. The van der Waals surface area contributed by atoms with Crippen LogP contribution in [0.25, 0.3) is 0 Å². The summed E-state index contributed by atoms with van der Waals surface area (Å²) < 4.78 is 7.13. The molecule has 1 aromatic carbocycles. The highest BCUT2D eigenvalue weighted by Crippen LogP contribution is 2.17. The molecule has 7 heteroatoms. The first-order chi connectivity index (χ1) is 11.0. The number of nitrogens with one attached hydrogen (secondary N) is 1. The number of hydrogen-bond acceptors (Lipinski definition) is 4. The van der Waals surface area contributed by atoms with E-state index in [2.05, 4.69) is 15.3 Å². The van der Waals surface area contributed by atoms with Crippen LogP contribution in [0, 0.1) is 0 Å². The average Bonchev–Trinajstić information content (AvgIpc) is 2.98. The molecule has 0 aliphatic rings. The van der Waals surface area contributed by atoms with E-state index < -0.39 is 0 Å². The van der Waals surface area contributed by atoms with E-state index in [4.69, 9.17) is 16.3 Å². The Hall–Kier alpha value is -2.05. The number of aromatic nitrogens is 2. The van der Waals surface area contributed by atoms with Gasteiger partial charge in [-0.3, -0.25) is 4.79 Å². The van der Waals surface area contributed by atoms with E-state index >= 15 is 0 Å². The zero-order valence-corrected chi connectivity index (χ0v) is 14.1. The first-order valence-electron chi connectivity index (χ1n) is 7.39. The Bertz CT molecular complexity index is 643. The van der Waals surface area contributed by atoms with Gasteiger partial charge in [0.15, 0.2) is 6.73 Å². The van der Waals surface area contributed by atoms with Crippen molar-refractivity contribution in [1.29, 1.82) is 0 Å². The van der Waals surface area contributed by atoms with Gasteiger partial charge in [0.1, 0.15) is 11.4 Å². The van der Waals surface area contributed by atoms with Crippen molar-refractivity contribution in [1.82, 2.24) is 20.0 Å². The molecule has 1 N–H and O–H groups in total. The molecule has 1 heterocycles. The predicted molar refractivity (Wildman–Crippen MR) is 89.8 cm³/mol. The lowest BCUT2D eigenvalue weighted by Gasteiger charge is -2.09. The van der Waals surface area contributed by atoms with Crippen LogP contribution >= 0.6 is 11.6 Å². The normalized spacial score (nSPS) is 10.8. The standard InChI is InChI=1S/C16H21ClN4O2/c1-20(2)9-4-8-18-16(22)15-7-10-21(19-15)12-23-14-6-3-5-13(17)11-14/h3,5-7,10-11H,4,8-9,12H2,1-2H3,(H,18,22). The molecule has 0 atom stereocenters. The Morgan fingerprint density at radius 2 is 2.22 bits per heavy atom. The van der Waals surface area contributed by atoms with Crippen LogP contribution < -0.4 is 10.1 Å². The largest absolute Gasteiger partial charge is 0.471 e. The van der Waals surface area contributed by atoms with Gasteiger partial charge >= 0.3 is 0 Å². The summed E-state index contributed by atoms with van der Waals surface area (Å²) in [5, 5.41) is 7.66. The van der Waals surface area contributed by atoms with Crippen molar-refractivity contribution in [3.8, 4) is 5.75 Å². The molecule has 0 fully saturated rings. The molecule has 6 nitrogen and oxygen atoms in total. The maximum Gasteiger partial charge on any atom is 0.271 e. The van der Waals surface area contributed by atoms with Gasteiger partial charge in [0.25, 0.3) is 5.91 Å². The van der Waals surface area contributed by atoms with Gasteiger partial charge in [-0.05, 0) is 51.3 Å². The fraction of sp³-hybridized carbons (Fsp3) is 0.375. The second kappa shape index (κ2) is 8.55. The van der Waals surface area contributed by atoms with Crippen LogP contribution in [0.3, 0.4) is 0 Å². The van der Waals surface area contributed by atoms with Crippen LogP contribution in [-0.2, 0) is 6.73 Å². The Labute approximate surface area is 141 Å². The number of carbonyl (C=O) groups is 1. The van der Waals surface area contributed by atoms with Gasteiger partial charge in [-0.2, -0.15) is 5.10 Å². The molecule has 0 radical (unpaired) electrons. The molecule has 1 amide bonds. The summed E-state index contributed by atoms with van der Waals surface area (Å²) >= 11 is 5.89. The molecule has 0 aliphatic heterocycles. The van der Waals surface area contributed by atoms with Crippen LogP contribution in [0.1, 0.15) is 16.9 Å². The van der Waals surface area contributed by atoms with Gasteiger partial charge in [-0.15, -0.1) is 0 Å². The fourth-order valence-corrected chi connectivity index (χ4v) is 2.12. The highest BCUT2D eigenvalue weighted by atomic mass is 35.5. The highest BCUT2D eigenvalue weighted by Gasteiger charge is 2.09. The van der Waals surface area contributed by atoms with Gasteiger partial charge in [-0.25, -0.2) is 4.68 Å². The van der Waals surface area contributed by atoms with E-state index in [1.165, 1.54) is 0 Å². The molecule has 0 unspecified atom stereocenters. The Kier molecular flexibility index (Phi) is 6.43. The third-order valence-electron chi connectivity index (χ3n) is 3.10. The van der Waals surface area contributed by atoms with Gasteiger partial charge in [0, 0.05) is 17.8 Å². The van der Waals surface area contributed by atoms with Crippen molar-refractivity contribution in [3.05, 3.63) is 47.2 Å². The zero-order chi connectivity index (χ0) is 16.7. The van der Waals surface area contributed by atoms with E-state index in [1.54, 1.807) is 29.1 Å². The lowest BCUT2D eigenvalue weighted by molar-refractivity contribution is 0.0945.